The minimum Gasteiger partial charge on any atom is -0.386 e. The number of hydrogen-bond acceptors (Lipinski definition) is 4. The van der Waals surface area contributed by atoms with Crippen molar-refractivity contribution in [1.82, 2.24) is 4.98 Å². The Bertz CT molecular complexity index is 422. The lowest BCUT2D eigenvalue weighted by Crippen LogP contribution is -2.19. The molecule has 0 saturated carbocycles. The molecule has 1 aromatic rings. The lowest BCUT2D eigenvalue weighted by atomic mass is 10.2. The molecule has 4 nitrogen and oxygen atoms in total. The molecule has 0 radical (unpaired) electrons. The van der Waals surface area contributed by atoms with E-state index in [1.807, 2.05) is 0 Å². The zero-order valence-corrected chi connectivity index (χ0v) is 7.59. The van der Waals surface area contributed by atoms with Gasteiger partial charge in [0, 0.05) is 0 Å². The molecule has 1 rings (SSSR count). The second-order valence-electron chi connectivity index (χ2n) is 2.70. The number of rotatable bonds is 1. The molecule has 15 heavy (non-hydrogen) atoms. The topological polar surface area (TPSA) is 71.9 Å². The summed E-state index contributed by atoms with van der Waals surface area (Å²) in [5.41, 5.74) is 5.41. The van der Waals surface area contributed by atoms with Crippen molar-refractivity contribution in [1.29, 1.82) is 5.26 Å². The molecule has 0 aliphatic heterocycles. The number of nitriles is 1. The van der Waals surface area contributed by atoms with Crippen LogP contribution in [0.5, 0.6) is 5.88 Å². The first-order valence-corrected chi connectivity index (χ1v) is 3.76. The highest BCUT2D eigenvalue weighted by Gasteiger charge is 2.33. The number of ether oxygens (including phenoxy) is 1. The third kappa shape index (κ3) is 2.74. The molecule has 0 aromatic carbocycles. The van der Waals surface area contributed by atoms with Crippen LogP contribution in [0.15, 0.2) is 6.07 Å². The number of halogens is 3. The monoisotopic (exact) mass is 217 g/mol. The van der Waals surface area contributed by atoms with E-state index in [4.69, 9.17) is 11.0 Å². The second kappa shape index (κ2) is 3.65. The molecule has 0 fully saturated rings. The van der Waals surface area contributed by atoms with Gasteiger partial charge in [-0.3, -0.25) is 0 Å². The summed E-state index contributed by atoms with van der Waals surface area (Å²) in [6.07, 6.45) is -4.89. The minimum atomic E-state index is -4.89. The number of pyridine rings is 1. The van der Waals surface area contributed by atoms with Crippen LogP contribution < -0.4 is 10.5 Å². The molecular formula is C8H6F3N3O. The van der Waals surface area contributed by atoms with Crippen molar-refractivity contribution in [2.24, 2.45) is 0 Å². The van der Waals surface area contributed by atoms with Gasteiger partial charge in [-0.25, -0.2) is 0 Å². The summed E-state index contributed by atoms with van der Waals surface area (Å²) in [6.45, 7) is 1.53. The molecule has 1 aromatic heterocycles. The first kappa shape index (κ1) is 11.1. The number of nitrogen functional groups attached to an aromatic ring is 1. The highest BCUT2D eigenvalue weighted by atomic mass is 19.4. The maximum atomic E-state index is 11.9. The predicted molar refractivity (Wildman–Crippen MR) is 44.8 cm³/mol. The van der Waals surface area contributed by atoms with Gasteiger partial charge >= 0.3 is 6.36 Å². The van der Waals surface area contributed by atoms with Crippen molar-refractivity contribution in [3.63, 3.8) is 0 Å². The molecule has 7 heteroatoms. The molecule has 0 aliphatic carbocycles. The third-order valence-corrected chi connectivity index (χ3v) is 1.55. The van der Waals surface area contributed by atoms with Crippen LogP contribution in [0, 0.1) is 18.3 Å². The van der Waals surface area contributed by atoms with E-state index in [9.17, 15) is 13.2 Å². The summed E-state index contributed by atoms with van der Waals surface area (Å²) in [4.78, 5) is 3.34. The van der Waals surface area contributed by atoms with Gasteiger partial charge in [0.2, 0.25) is 5.88 Å². The molecule has 2 N–H and O–H groups in total. The van der Waals surface area contributed by atoms with Crippen LogP contribution in [-0.2, 0) is 0 Å². The Morgan fingerprint density at radius 3 is 2.60 bits per heavy atom. The Morgan fingerprint density at radius 1 is 1.53 bits per heavy atom. The molecule has 0 bridgehead atoms. The van der Waals surface area contributed by atoms with E-state index in [-0.39, 0.29) is 11.4 Å². The quantitative estimate of drug-likeness (QED) is 0.777. The number of anilines is 1. The van der Waals surface area contributed by atoms with E-state index in [0.29, 0.717) is 5.56 Å². The molecule has 1 heterocycles. The predicted octanol–water partition coefficient (Wildman–Crippen LogP) is 1.74. The number of nitrogens with two attached hydrogens (primary N) is 1. The zero-order chi connectivity index (χ0) is 11.6. The van der Waals surface area contributed by atoms with E-state index < -0.39 is 12.2 Å². The first-order chi connectivity index (χ1) is 6.83. The SMILES string of the molecule is Cc1cc(C#N)c(OC(F)(F)F)nc1N. The van der Waals surface area contributed by atoms with Crippen LogP contribution >= 0.6 is 0 Å². The zero-order valence-electron chi connectivity index (χ0n) is 7.59. The lowest BCUT2D eigenvalue weighted by Gasteiger charge is -2.10. The van der Waals surface area contributed by atoms with Gasteiger partial charge in [-0.2, -0.15) is 10.2 Å². The van der Waals surface area contributed by atoms with Gasteiger partial charge in [0.1, 0.15) is 17.5 Å². The fourth-order valence-electron chi connectivity index (χ4n) is 0.878. The molecule has 0 spiro atoms. The summed E-state index contributed by atoms with van der Waals surface area (Å²) in [5.74, 6) is -0.929. The van der Waals surface area contributed by atoms with Gasteiger partial charge in [-0.1, -0.05) is 0 Å². The Hall–Kier alpha value is -1.97. The maximum Gasteiger partial charge on any atom is 0.574 e. The summed E-state index contributed by atoms with van der Waals surface area (Å²) in [5, 5.41) is 8.55. The molecule has 0 saturated heterocycles. The maximum absolute atomic E-state index is 11.9. The lowest BCUT2D eigenvalue weighted by molar-refractivity contribution is -0.276. The van der Waals surface area contributed by atoms with Crippen molar-refractivity contribution in [3.8, 4) is 11.9 Å². The van der Waals surface area contributed by atoms with E-state index >= 15 is 0 Å². The highest BCUT2D eigenvalue weighted by Crippen LogP contribution is 2.26. The van der Waals surface area contributed by atoms with Crippen LogP contribution in [-0.4, -0.2) is 11.3 Å². The minimum absolute atomic E-state index is 0.103. The van der Waals surface area contributed by atoms with E-state index in [1.165, 1.54) is 13.0 Å². The van der Waals surface area contributed by atoms with Crippen molar-refractivity contribution in [2.45, 2.75) is 13.3 Å². The summed E-state index contributed by atoms with van der Waals surface area (Å²) < 4.78 is 39.2. The van der Waals surface area contributed by atoms with E-state index in [0.717, 1.165) is 0 Å². The fraction of sp³-hybridized carbons (Fsp3) is 0.250. The van der Waals surface area contributed by atoms with Crippen molar-refractivity contribution in [3.05, 3.63) is 17.2 Å². The molecule has 0 aliphatic rings. The van der Waals surface area contributed by atoms with Gasteiger partial charge in [0.25, 0.3) is 0 Å². The number of aromatic nitrogens is 1. The van der Waals surface area contributed by atoms with Crippen molar-refractivity contribution < 1.29 is 17.9 Å². The van der Waals surface area contributed by atoms with E-state index in [1.54, 1.807) is 6.07 Å². The normalized spacial score (nSPS) is 10.9. The van der Waals surface area contributed by atoms with Crippen LogP contribution in [0.4, 0.5) is 19.0 Å². The standard InChI is InChI=1S/C8H6F3N3O/c1-4-2-5(3-12)7(14-6(4)13)15-8(9,10)11/h2H,1H3,(H2,13,14). The fourth-order valence-corrected chi connectivity index (χ4v) is 0.878. The van der Waals surface area contributed by atoms with Crippen molar-refractivity contribution in [2.75, 3.05) is 5.73 Å². The highest BCUT2D eigenvalue weighted by molar-refractivity contribution is 5.49. The van der Waals surface area contributed by atoms with Crippen LogP contribution in [0.3, 0.4) is 0 Å². The smallest absolute Gasteiger partial charge is 0.386 e. The second-order valence-corrected chi connectivity index (χ2v) is 2.70. The number of alkyl halides is 3. The van der Waals surface area contributed by atoms with Gasteiger partial charge in [-0.05, 0) is 18.6 Å². The van der Waals surface area contributed by atoms with Gasteiger partial charge in [-0.15, -0.1) is 13.2 Å². The summed E-state index contributed by atoms with van der Waals surface area (Å²) in [7, 11) is 0. The Balaban J connectivity index is 3.18. The average Bonchev–Trinajstić information content (AvgIpc) is 2.08. The third-order valence-electron chi connectivity index (χ3n) is 1.55. The van der Waals surface area contributed by atoms with Crippen LogP contribution in [0.25, 0.3) is 0 Å². The first-order valence-electron chi connectivity index (χ1n) is 3.76. The molecular weight excluding hydrogens is 211 g/mol. The number of nitrogens with zero attached hydrogens (tertiary/aromatic N) is 2. The molecule has 0 unspecified atom stereocenters. The largest absolute Gasteiger partial charge is 0.574 e. The Morgan fingerprint density at radius 2 is 2.13 bits per heavy atom. The molecule has 0 atom stereocenters. The van der Waals surface area contributed by atoms with Crippen LogP contribution in [0.1, 0.15) is 11.1 Å². The number of aryl methyl sites for hydroxylation is 1. The molecule has 80 valence electrons. The Kier molecular flexibility index (Phi) is 2.70. The van der Waals surface area contributed by atoms with Gasteiger partial charge in [0.05, 0.1) is 0 Å². The average molecular weight is 217 g/mol. The van der Waals surface area contributed by atoms with Gasteiger partial charge < -0.3 is 10.5 Å². The van der Waals surface area contributed by atoms with Crippen LogP contribution in [0.2, 0.25) is 0 Å². The Labute approximate surface area is 83.1 Å². The van der Waals surface area contributed by atoms with E-state index in [2.05, 4.69) is 9.72 Å². The summed E-state index contributed by atoms with van der Waals surface area (Å²) >= 11 is 0. The molecule has 0 amide bonds. The number of hydrogen-bond donors (Lipinski definition) is 1. The van der Waals surface area contributed by atoms with Crippen molar-refractivity contribution >= 4 is 5.82 Å². The summed E-state index contributed by atoms with van der Waals surface area (Å²) in [6, 6.07) is 2.73. The van der Waals surface area contributed by atoms with Gasteiger partial charge in [0.15, 0.2) is 0 Å².